The SMILES string of the molecule is CCN(CC)Cc1cccc(C=Cc2nc3ccc(F)cc3c(=O)n2-c2ccccc2Cl)n1.O=C(O)C=CC(=O)O. The average Bonchev–Trinajstić information content (AvgIpc) is 2.95. The molecule has 0 saturated carbocycles. The van der Waals surface area contributed by atoms with Crippen LogP contribution < -0.4 is 5.56 Å². The molecule has 0 aliphatic rings. The summed E-state index contributed by atoms with van der Waals surface area (Å²) in [5.74, 6) is -2.63. The van der Waals surface area contributed by atoms with E-state index >= 15 is 0 Å². The van der Waals surface area contributed by atoms with Crippen molar-refractivity contribution in [1.29, 1.82) is 0 Å². The number of halogens is 2. The number of benzene rings is 2. The molecule has 0 aliphatic carbocycles. The number of aromatic nitrogens is 3. The minimum atomic E-state index is -1.26. The van der Waals surface area contributed by atoms with E-state index in [1.54, 1.807) is 30.3 Å². The van der Waals surface area contributed by atoms with Gasteiger partial charge in [-0.05, 0) is 67.7 Å². The van der Waals surface area contributed by atoms with Gasteiger partial charge in [-0.3, -0.25) is 19.2 Å². The monoisotopic (exact) mass is 578 g/mol. The van der Waals surface area contributed by atoms with Gasteiger partial charge in [0.15, 0.2) is 0 Å². The summed E-state index contributed by atoms with van der Waals surface area (Å²) >= 11 is 6.40. The molecular formula is C30H28ClFN4O5. The Labute approximate surface area is 240 Å². The van der Waals surface area contributed by atoms with E-state index in [4.69, 9.17) is 26.8 Å². The van der Waals surface area contributed by atoms with E-state index in [9.17, 15) is 18.8 Å². The molecule has 0 radical (unpaired) electrons. The zero-order valence-electron chi connectivity index (χ0n) is 22.4. The first kappa shape index (κ1) is 30.9. The fraction of sp³-hybridized carbons (Fsp3) is 0.167. The number of para-hydroxylation sites is 1. The summed E-state index contributed by atoms with van der Waals surface area (Å²) in [5, 5.41) is 16.2. The molecule has 4 aromatic rings. The molecule has 2 N–H and O–H groups in total. The van der Waals surface area contributed by atoms with Gasteiger partial charge in [0.2, 0.25) is 0 Å². The van der Waals surface area contributed by atoms with Crippen LogP contribution in [-0.2, 0) is 16.1 Å². The summed E-state index contributed by atoms with van der Waals surface area (Å²) < 4.78 is 15.3. The fourth-order valence-corrected chi connectivity index (χ4v) is 4.03. The first-order valence-electron chi connectivity index (χ1n) is 12.6. The molecule has 0 saturated heterocycles. The lowest BCUT2D eigenvalue weighted by Crippen LogP contribution is -2.23. The molecule has 212 valence electrons. The molecule has 0 amide bonds. The zero-order valence-corrected chi connectivity index (χ0v) is 23.1. The number of hydrogen-bond donors (Lipinski definition) is 2. The van der Waals surface area contributed by atoms with Crippen molar-refractivity contribution in [3.8, 4) is 5.69 Å². The van der Waals surface area contributed by atoms with Crippen molar-refractivity contribution in [2.24, 2.45) is 0 Å². The number of fused-ring (bicyclic) bond motifs is 1. The van der Waals surface area contributed by atoms with Gasteiger partial charge in [0.25, 0.3) is 5.56 Å². The molecule has 9 nitrogen and oxygen atoms in total. The number of carboxylic acid groups (broad SMARTS) is 2. The van der Waals surface area contributed by atoms with Crippen molar-refractivity contribution in [1.82, 2.24) is 19.4 Å². The van der Waals surface area contributed by atoms with Crippen LogP contribution in [0.5, 0.6) is 0 Å². The second kappa shape index (κ2) is 14.6. The molecule has 2 heterocycles. The Morgan fingerprint density at radius 1 is 0.951 bits per heavy atom. The highest BCUT2D eigenvalue weighted by atomic mass is 35.5. The maximum atomic E-state index is 13.9. The largest absolute Gasteiger partial charge is 0.478 e. The first-order valence-corrected chi connectivity index (χ1v) is 13.0. The van der Waals surface area contributed by atoms with Crippen molar-refractivity contribution in [3.05, 3.63) is 111 Å². The summed E-state index contributed by atoms with van der Waals surface area (Å²) in [5.41, 5.74) is 2.21. The highest BCUT2D eigenvalue weighted by Gasteiger charge is 2.14. The van der Waals surface area contributed by atoms with E-state index in [-0.39, 0.29) is 5.39 Å². The number of aliphatic carboxylic acids is 2. The maximum Gasteiger partial charge on any atom is 0.328 e. The van der Waals surface area contributed by atoms with Crippen LogP contribution in [0.15, 0.2) is 77.6 Å². The van der Waals surface area contributed by atoms with E-state index in [2.05, 4.69) is 23.7 Å². The van der Waals surface area contributed by atoms with Gasteiger partial charge in [-0.1, -0.05) is 43.6 Å². The summed E-state index contributed by atoms with van der Waals surface area (Å²) in [7, 11) is 0. The van der Waals surface area contributed by atoms with Gasteiger partial charge in [0.05, 0.1) is 33.0 Å². The minimum absolute atomic E-state index is 0.186. The predicted octanol–water partition coefficient (Wildman–Crippen LogP) is 5.30. The highest BCUT2D eigenvalue weighted by molar-refractivity contribution is 6.32. The van der Waals surface area contributed by atoms with E-state index in [0.717, 1.165) is 31.0 Å². The Morgan fingerprint density at radius 2 is 1.63 bits per heavy atom. The van der Waals surface area contributed by atoms with E-state index in [1.165, 1.54) is 22.8 Å². The summed E-state index contributed by atoms with van der Waals surface area (Å²) in [6.07, 6.45) is 4.66. The van der Waals surface area contributed by atoms with Gasteiger partial charge in [-0.25, -0.2) is 19.0 Å². The smallest absolute Gasteiger partial charge is 0.328 e. The third kappa shape index (κ3) is 8.66. The van der Waals surface area contributed by atoms with Crippen LogP contribution in [-0.4, -0.2) is 54.7 Å². The van der Waals surface area contributed by atoms with Crippen molar-refractivity contribution in [2.75, 3.05) is 13.1 Å². The maximum absolute atomic E-state index is 13.9. The third-order valence-electron chi connectivity index (χ3n) is 5.83. The fourth-order valence-electron chi connectivity index (χ4n) is 3.81. The quantitative estimate of drug-likeness (QED) is 0.256. The Kier molecular flexibility index (Phi) is 11.0. The molecule has 0 bridgehead atoms. The molecule has 0 fully saturated rings. The van der Waals surface area contributed by atoms with Crippen LogP contribution in [0.3, 0.4) is 0 Å². The topological polar surface area (TPSA) is 126 Å². The lowest BCUT2D eigenvalue weighted by molar-refractivity contribution is -0.134. The van der Waals surface area contributed by atoms with Gasteiger partial charge in [-0.15, -0.1) is 0 Å². The van der Waals surface area contributed by atoms with Crippen LogP contribution in [0.1, 0.15) is 31.1 Å². The predicted molar refractivity (Wildman–Crippen MR) is 157 cm³/mol. The Balaban J connectivity index is 0.000000507. The van der Waals surface area contributed by atoms with Crippen molar-refractivity contribution in [3.63, 3.8) is 0 Å². The summed E-state index contributed by atoms with van der Waals surface area (Å²) in [4.78, 5) is 44.1. The van der Waals surface area contributed by atoms with Gasteiger partial charge in [0, 0.05) is 18.7 Å². The highest BCUT2D eigenvalue weighted by Crippen LogP contribution is 2.22. The van der Waals surface area contributed by atoms with Gasteiger partial charge >= 0.3 is 11.9 Å². The normalized spacial score (nSPS) is 11.2. The van der Waals surface area contributed by atoms with Crippen molar-refractivity contribution in [2.45, 2.75) is 20.4 Å². The van der Waals surface area contributed by atoms with Crippen molar-refractivity contribution >= 4 is 46.6 Å². The van der Waals surface area contributed by atoms with E-state index < -0.39 is 23.3 Å². The minimum Gasteiger partial charge on any atom is -0.478 e. The summed E-state index contributed by atoms with van der Waals surface area (Å²) in [6, 6.07) is 16.9. The average molecular weight is 579 g/mol. The van der Waals surface area contributed by atoms with Crippen LogP contribution in [0.4, 0.5) is 4.39 Å². The van der Waals surface area contributed by atoms with Crippen LogP contribution in [0.2, 0.25) is 5.02 Å². The molecule has 4 rings (SSSR count). The molecule has 0 atom stereocenters. The molecule has 41 heavy (non-hydrogen) atoms. The number of nitrogens with zero attached hydrogens (tertiary/aromatic N) is 4. The number of hydrogen-bond acceptors (Lipinski definition) is 6. The van der Waals surface area contributed by atoms with Crippen LogP contribution in [0, 0.1) is 5.82 Å². The molecular weight excluding hydrogens is 551 g/mol. The second-order valence-corrected chi connectivity index (χ2v) is 8.99. The standard InChI is InChI=1S/C26H24ClFN4O.C4H4O4/c1-3-31(4-2)17-20-9-7-8-19(29-20)13-15-25-30-23-14-12-18(28)16-21(23)26(33)32(25)24-11-6-5-10-22(24)27;5-3(6)1-2-4(7)8/h5-16H,3-4,17H2,1-2H3;1-2H,(H,5,6)(H,7,8). The second-order valence-electron chi connectivity index (χ2n) is 8.58. The summed E-state index contributed by atoms with van der Waals surface area (Å²) in [6.45, 7) is 6.91. The Hall–Kier alpha value is -4.67. The molecule has 11 heteroatoms. The number of carbonyl (C=O) groups is 2. The van der Waals surface area contributed by atoms with E-state index in [0.29, 0.717) is 34.2 Å². The molecule has 0 unspecified atom stereocenters. The Morgan fingerprint density at radius 3 is 2.27 bits per heavy atom. The lowest BCUT2D eigenvalue weighted by Gasteiger charge is -2.17. The number of carboxylic acids is 2. The first-order chi connectivity index (χ1) is 19.6. The van der Waals surface area contributed by atoms with Crippen molar-refractivity contribution < 1.29 is 24.2 Å². The van der Waals surface area contributed by atoms with Crippen LogP contribution >= 0.6 is 11.6 Å². The Bertz CT molecular complexity index is 1650. The lowest BCUT2D eigenvalue weighted by atomic mass is 10.2. The number of pyridine rings is 1. The van der Waals surface area contributed by atoms with Gasteiger partial charge in [-0.2, -0.15) is 0 Å². The molecule has 2 aromatic carbocycles. The molecule has 0 aliphatic heterocycles. The molecule has 2 aromatic heterocycles. The number of rotatable bonds is 9. The zero-order chi connectivity index (χ0) is 29.9. The molecule has 0 spiro atoms. The van der Waals surface area contributed by atoms with Crippen LogP contribution in [0.25, 0.3) is 28.7 Å². The third-order valence-corrected chi connectivity index (χ3v) is 6.15. The van der Waals surface area contributed by atoms with E-state index in [1.807, 2.05) is 24.3 Å². The van der Waals surface area contributed by atoms with Gasteiger partial charge < -0.3 is 10.2 Å². The van der Waals surface area contributed by atoms with Gasteiger partial charge in [0.1, 0.15) is 11.6 Å².